The maximum absolute atomic E-state index is 9.25. The van der Waals surface area contributed by atoms with Crippen molar-refractivity contribution in [2.75, 3.05) is 0 Å². The van der Waals surface area contributed by atoms with E-state index in [1.165, 1.54) is 6.07 Å². The van der Waals surface area contributed by atoms with Crippen LogP contribution in [-0.4, -0.2) is 15.0 Å². The van der Waals surface area contributed by atoms with Gasteiger partial charge in [-0.1, -0.05) is 133 Å². The molecular weight excluding hydrogens is 550 g/mol. The van der Waals surface area contributed by atoms with Gasteiger partial charge >= 0.3 is 0 Å². The number of nitrogens with zero attached hydrogens (tertiary/aromatic N) is 3. The van der Waals surface area contributed by atoms with E-state index in [-0.39, 0.29) is 51.2 Å². The first-order valence-corrected chi connectivity index (χ1v) is 13.9. The molecule has 0 aliphatic heterocycles. The lowest BCUT2D eigenvalue weighted by Gasteiger charge is -2.10. The fourth-order valence-corrected chi connectivity index (χ4v) is 5.45. The molecule has 0 saturated heterocycles. The van der Waals surface area contributed by atoms with Gasteiger partial charge in [0.25, 0.3) is 0 Å². The third-order valence-electron chi connectivity index (χ3n) is 7.55. The number of hydrogen-bond donors (Lipinski definition) is 0. The summed E-state index contributed by atoms with van der Waals surface area (Å²) in [7, 11) is 0. The molecule has 9 rings (SSSR count). The summed E-state index contributed by atoms with van der Waals surface area (Å²) < 4.78 is 128. The highest BCUT2D eigenvalue weighted by Gasteiger charge is 2.17. The highest BCUT2D eigenvalue weighted by molar-refractivity contribution is 6.12. The smallest absolute Gasteiger partial charge is 0.164 e. The molecule has 9 aromatic rings. The van der Waals surface area contributed by atoms with Gasteiger partial charge in [-0.25, -0.2) is 15.0 Å². The standard InChI is InChI=1S/C41H25N3O/c1-2-10-29(11-3-1)39-42-40(44-41(43-39)34-14-8-16-37-38(34)33-13-6-7-15-36(33)45-37)30-22-17-26(18-23-30)31-24-21-28-20-19-27-9-4-5-12-32(27)35(28)25-31/h1-25H/i1D,2D,3D,6D,7D,10D,11D,14D,15D,16D,17D,18D,22D,23D. The highest BCUT2D eigenvalue weighted by atomic mass is 16.3. The van der Waals surface area contributed by atoms with E-state index in [0.717, 1.165) is 27.6 Å². The Morgan fingerprint density at radius 1 is 0.444 bits per heavy atom. The molecule has 210 valence electrons. The number of para-hydroxylation sites is 1. The molecule has 0 unspecified atom stereocenters. The lowest BCUT2D eigenvalue weighted by Crippen LogP contribution is -2.00. The van der Waals surface area contributed by atoms with E-state index in [0.29, 0.717) is 5.56 Å². The molecule has 0 fully saturated rings. The van der Waals surface area contributed by atoms with Crippen LogP contribution in [0.15, 0.2) is 156 Å². The van der Waals surface area contributed by atoms with Crippen LogP contribution in [0.1, 0.15) is 19.2 Å². The minimum absolute atomic E-state index is 0.00221. The first-order chi connectivity index (χ1) is 28.1. The average molecular weight is 590 g/mol. The van der Waals surface area contributed by atoms with Crippen molar-refractivity contribution < 1.29 is 23.6 Å². The van der Waals surface area contributed by atoms with Gasteiger partial charge in [-0.3, -0.25) is 0 Å². The average Bonchev–Trinajstić information content (AvgIpc) is 3.60. The summed E-state index contributed by atoms with van der Waals surface area (Å²) >= 11 is 0. The first kappa shape index (κ1) is 15.0. The van der Waals surface area contributed by atoms with Crippen LogP contribution in [0.5, 0.6) is 0 Å². The predicted molar refractivity (Wildman–Crippen MR) is 184 cm³/mol. The number of aromatic nitrogens is 3. The number of furan rings is 1. The monoisotopic (exact) mass is 589 g/mol. The van der Waals surface area contributed by atoms with Crippen molar-refractivity contribution >= 4 is 43.5 Å². The molecule has 0 amide bonds. The fourth-order valence-electron chi connectivity index (χ4n) is 5.45. The summed E-state index contributed by atoms with van der Waals surface area (Å²) in [5, 5.41) is 3.73. The third kappa shape index (κ3) is 4.35. The van der Waals surface area contributed by atoms with Crippen LogP contribution in [0.3, 0.4) is 0 Å². The van der Waals surface area contributed by atoms with Gasteiger partial charge in [0.15, 0.2) is 17.5 Å². The normalized spacial score (nSPS) is 15.9. The number of hydrogen-bond acceptors (Lipinski definition) is 4. The fraction of sp³-hybridized carbons (Fsp3) is 0. The zero-order valence-electron chi connectivity index (χ0n) is 37.1. The number of rotatable bonds is 4. The second kappa shape index (κ2) is 10.2. The molecule has 0 saturated carbocycles. The van der Waals surface area contributed by atoms with Crippen molar-refractivity contribution in [2.45, 2.75) is 0 Å². The van der Waals surface area contributed by atoms with E-state index >= 15 is 0 Å². The molecule has 0 N–H and O–H groups in total. The molecule has 45 heavy (non-hydrogen) atoms. The lowest BCUT2D eigenvalue weighted by atomic mass is 9.97. The lowest BCUT2D eigenvalue weighted by molar-refractivity contribution is 0.669. The van der Waals surface area contributed by atoms with Crippen LogP contribution in [0, 0.1) is 0 Å². The highest BCUT2D eigenvalue weighted by Crippen LogP contribution is 2.37. The van der Waals surface area contributed by atoms with Crippen molar-refractivity contribution in [3.63, 3.8) is 0 Å². The quantitative estimate of drug-likeness (QED) is 0.192. The molecule has 7 aromatic carbocycles. The summed E-state index contributed by atoms with van der Waals surface area (Å²) in [5.41, 5.74) is -0.935. The number of benzene rings is 7. The zero-order valence-corrected chi connectivity index (χ0v) is 23.1. The van der Waals surface area contributed by atoms with Crippen LogP contribution in [0.4, 0.5) is 0 Å². The molecular formula is C41H25N3O. The summed E-state index contributed by atoms with van der Waals surface area (Å²) in [4.78, 5) is 13.5. The van der Waals surface area contributed by atoms with Gasteiger partial charge in [-0.05, 0) is 50.8 Å². The van der Waals surface area contributed by atoms with E-state index < -0.39 is 95.1 Å². The molecule has 0 spiro atoms. The molecule has 0 atom stereocenters. The van der Waals surface area contributed by atoms with Crippen LogP contribution in [0.2, 0.25) is 0 Å². The summed E-state index contributed by atoms with van der Waals surface area (Å²) in [6.07, 6.45) is 0. The second-order valence-corrected chi connectivity index (χ2v) is 10.2. The molecule has 2 aromatic heterocycles. The Bertz CT molecular complexity index is 3290. The Morgan fingerprint density at radius 2 is 1.13 bits per heavy atom. The Balaban J connectivity index is 1.36. The van der Waals surface area contributed by atoms with Gasteiger partial charge in [0.1, 0.15) is 11.2 Å². The van der Waals surface area contributed by atoms with Crippen molar-refractivity contribution in [2.24, 2.45) is 0 Å². The SMILES string of the molecule is [2H]c1cc2c(oc3c([2H])cc([2H])c(-c4nc(-c5c([2H])c([2H])c([2H])c([2H])c5[2H])nc(-c5c([2H])c([2H])c(-c6ccc7ccc8ccccc8c7c6)c([2H])c5[2H])n4)c32)c([2H])c1[2H]. The van der Waals surface area contributed by atoms with Crippen LogP contribution >= 0.6 is 0 Å². The Hall–Kier alpha value is -6.13. The minimum atomic E-state index is -0.707. The van der Waals surface area contributed by atoms with Gasteiger partial charge in [-0.2, -0.15) is 0 Å². The van der Waals surface area contributed by atoms with Crippen LogP contribution < -0.4 is 0 Å². The van der Waals surface area contributed by atoms with E-state index in [4.69, 9.17) is 18.1 Å². The summed E-state index contributed by atoms with van der Waals surface area (Å²) in [6.45, 7) is 0. The summed E-state index contributed by atoms with van der Waals surface area (Å²) in [5.74, 6) is -1.41. The first-order valence-electron chi connectivity index (χ1n) is 20.9. The maximum atomic E-state index is 9.25. The van der Waals surface area contributed by atoms with E-state index in [2.05, 4.69) is 15.0 Å². The van der Waals surface area contributed by atoms with Crippen molar-refractivity contribution in [3.05, 3.63) is 151 Å². The van der Waals surface area contributed by atoms with Gasteiger partial charge in [-0.15, -0.1) is 0 Å². The molecule has 4 nitrogen and oxygen atoms in total. The Kier molecular flexibility index (Phi) is 3.43. The van der Waals surface area contributed by atoms with Crippen LogP contribution in [-0.2, 0) is 0 Å². The molecule has 0 aliphatic rings. The second-order valence-electron chi connectivity index (χ2n) is 10.2. The topological polar surface area (TPSA) is 51.8 Å². The molecule has 0 bridgehead atoms. The maximum Gasteiger partial charge on any atom is 0.164 e. The minimum Gasteiger partial charge on any atom is -0.456 e. The largest absolute Gasteiger partial charge is 0.456 e. The van der Waals surface area contributed by atoms with E-state index in [9.17, 15) is 5.48 Å². The molecule has 2 heterocycles. The zero-order chi connectivity index (χ0) is 41.9. The van der Waals surface area contributed by atoms with Crippen molar-refractivity contribution in [3.8, 4) is 45.3 Å². The van der Waals surface area contributed by atoms with E-state index in [1.54, 1.807) is 12.1 Å². The van der Waals surface area contributed by atoms with Gasteiger partial charge in [0.05, 0.1) is 19.2 Å². The van der Waals surface area contributed by atoms with Crippen molar-refractivity contribution in [1.82, 2.24) is 15.0 Å². The van der Waals surface area contributed by atoms with Gasteiger partial charge in [0, 0.05) is 27.5 Å². The van der Waals surface area contributed by atoms with Gasteiger partial charge in [0.2, 0.25) is 0 Å². The van der Waals surface area contributed by atoms with Crippen molar-refractivity contribution in [1.29, 1.82) is 0 Å². The molecule has 0 aliphatic carbocycles. The van der Waals surface area contributed by atoms with Gasteiger partial charge < -0.3 is 4.42 Å². The summed E-state index contributed by atoms with van der Waals surface area (Å²) in [6, 6.07) is 12.0. The number of fused-ring (bicyclic) bond motifs is 6. The Morgan fingerprint density at radius 3 is 1.98 bits per heavy atom. The third-order valence-corrected chi connectivity index (χ3v) is 7.55. The van der Waals surface area contributed by atoms with E-state index in [1.807, 2.05) is 42.5 Å². The molecule has 0 radical (unpaired) electrons. The predicted octanol–water partition coefficient (Wildman–Crippen LogP) is 10.7. The Labute approximate surface area is 279 Å². The molecule has 4 heteroatoms. The van der Waals surface area contributed by atoms with Crippen LogP contribution in [0.25, 0.3) is 88.8 Å².